The summed E-state index contributed by atoms with van der Waals surface area (Å²) in [6.45, 7) is 5.49. The molecule has 1 aromatic rings. The minimum atomic E-state index is -4.01. The standard InChI is InChI=1S/C17H23ClN4O4S/c1-17(2,3)20-16(23)26-13-7-6-12-8-9-22(15(18)14(12)10-13)27(24,25)19-11-21(4)5/h6-11,15H,1-5H3,(H,20,23). The van der Waals surface area contributed by atoms with Crippen LogP contribution in [0.15, 0.2) is 28.8 Å². The Labute approximate surface area is 164 Å². The summed E-state index contributed by atoms with van der Waals surface area (Å²) in [5.74, 6) is 0.255. The van der Waals surface area contributed by atoms with Crippen LogP contribution in [0.3, 0.4) is 0 Å². The summed E-state index contributed by atoms with van der Waals surface area (Å²) in [7, 11) is -0.693. The third kappa shape index (κ3) is 5.61. The van der Waals surface area contributed by atoms with Crippen molar-refractivity contribution >= 4 is 40.3 Å². The Morgan fingerprint density at radius 3 is 2.63 bits per heavy atom. The molecule has 1 N–H and O–H groups in total. The van der Waals surface area contributed by atoms with Gasteiger partial charge in [0.1, 0.15) is 17.6 Å². The van der Waals surface area contributed by atoms with Crippen LogP contribution in [-0.4, -0.2) is 49.7 Å². The van der Waals surface area contributed by atoms with Crippen molar-refractivity contribution in [3.05, 3.63) is 35.5 Å². The van der Waals surface area contributed by atoms with Crippen molar-refractivity contribution in [1.82, 2.24) is 14.5 Å². The van der Waals surface area contributed by atoms with Gasteiger partial charge in [-0.15, -0.1) is 4.40 Å². The maximum absolute atomic E-state index is 12.4. The van der Waals surface area contributed by atoms with Crippen LogP contribution in [0.25, 0.3) is 6.08 Å². The first kappa shape index (κ1) is 21.0. The first-order valence-electron chi connectivity index (χ1n) is 8.11. The Hall–Kier alpha value is -2.26. The number of rotatable bonds is 4. The number of hydrogen-bond donors (Lipinski definition) is 1. The summed E-state index contributed by atoms with van der Waals surface area (Å²) in [6, 6.07) is 4.86. The van der Waals surface area contributed by atoms with Crippen LogP contribution in [0, 0.1) is 0 Å². The van der Waals surface area contributed by atoms with Gasteiger partial charge in [0.05, 0.1) is 0 Å². The van der Waals surface area contributed by atoms with E-state index >= 15 is 0 Å². The van der Waals surface area contributed by atoms with E-state index in [0.717, 1.165) is 9.87 Å². The monoisotopic (exact) mass is 414 g/mol. The number of halogens is 1. The largest absolute Gasteiger partial charge is 0.413 e. The topological polar surface area (TPSA) is 91.3 Å². The maximum atomic E-state index is 12.4. The number of ether oxygens (including phenoxy) is 1. The van der Waals surface area contributed by atoms with Crippen LogP contribution in [-0.2, 0) is 10.2 Å². The van der Waals surface area contributed by atoms with E-state index in [0.29, 0.717) is 5.56 Å². The minimum Gasteiger partial charge on any atom is -0.410 e. The molecule has 0 fully saturated rings. The average molecular weight is 415 g/mol. The number of benzene rings is 1. The molecule has 1 amide bonds. The van der Waals surface area contributed by atoms with Gasteiger partial charge in [0.25, 0.3) is 0 Å². The Balaban J connectivity index is 2.26. The van der Waals surface area contributed by atoms with Crippen molar-refractivity contribution in [1.29, 1.82) is 0 Å². The normalized spacial score (nSPS) is 17.0. The number of nitrogens with one attached hydrogen (secondary N) is 1. The predicted octanol–water partition coefficient (Wildman–Crippen LogP) is 2.93. The van der Waals surface area contributed by atoms with E-state index < -0.39 is 27.3 Å². The number of fused-ring (bicyclic) bond motifs is 1. The van der Waals surface area contributed by atoms with Crippen molar-refractivity contribution in [3.8, 4) is 5.75 Å². The second kappa shape index (κ2) is 7.77. The molecule has 0 bridgehead atoms. The highest BCUT2D eigenvalue weighted by Crippen LogP contribution is 2.37. The third-order valence-corrected chi connectivity index (χ3v) is 5.09. The van der Waals surface area contributed by atoms with Gasteiger partial charge in [-0.05, 0) is 44.5 Å². The van der Waals surface area contributed by atoms with Gasteiger partial charge in [0, 0.05) is 31.4 Å². The molecule has 1 aromatic carbocycles. The van der Waals surface area contributed by atoms with Crippen molar-refractivity contribution < 1.29 is 17.9 Å². The molecule has 8 nitrogen and oxygen atoms in total. The molecule has 27 heavy (non-hydrogen) atoms. The zero-order chi connectivity index (χ0) is 20.4. The molecule has 1 unspecified atom stereocenters. The number of hydrogen-bond acceptors (Lipinski definition) is 4. The molecule has 0 spiro atoms. The van der Waals surface area contributed by atoms with Crippen molar-refractivity contribution in [2.75, 3.05) is 14.1 Å². The molecule has 0 radical (unpaired) electrons. The molecule has 1 aliphatic rings. The van der Waals surface area contributed by atoms with E-state index in [1.807, 2.05) is 20.8 Å². The smallest absolute Gasteiger partial charge is 0.410 e. The number of alkyl halides is 1. The first-order valence-corrected chi connectivity index (χ1v) is 9.94. The van der Waals surface area contributed by atoms with Crippen LogP contribution >= 0.6 is 11.6 Å². The van der Waals surface area contributed by atoms with Crippen LogP contribution in [0.5, 0.6) is 5.75 Å². The number of nitrogens with zero attached hydrogens (tertiary/aromatic N) is 3. The second-order valence-electron chi connectivity index (χ2n) is 7.20. The number of carbonyl (C=O) groups is 1. The fraction of sp³-hybridized carbons (Fsp3) is 0.412. The molecular weight excluding hydrogens is 392 g/mol. The highest BCUT2D eigenvalue weighted by atomic mass is 35.5. The van der Waals surface area contributed by atoms with Crippen molar-refractivity contribution in [2.24, 2.45) is 4.40 Å². The third-order valence-electron chi connectivity index (χ3n) is 3.30. The van der Waals surface area contributed by atoms with Gasteiger partial charge >= 0.3 is 16.3 Å². The Morgan fingerprint density at radius 1 is 1.37 bits per heavy atom. The highest BCUT2D eigenvalue weighted by molar-refractivity contribution is 7.88. The second-order valence-corrected chi connectivity index (χ2v) is 9.14. The van der Waals surface area contributed by atoms with Gasteiger partial charge in [-0.25, -0.2) is 9.10 Å². The number of amides is 1. The van der Waals surface area contributed by atoms with Crippen LogP contribution in [0.1, 0.15) is 37.4 Å². The lowest BCUT2D eigenvalue weighted by Gasteiger charge is -2.28. The SMILES string of the molecule is CN(C)C=NS(=O)(=O)N1C=Cc2ccc(OC(=O)NC(C)(C)C)cc2C1Cl. The molecule has 2 rings (SSSR count). The van der Waals surface area contributed by atoms with Gasteiger partial charge in [-0.2, -0.15) is 8.42 Å². The Bertz CT molecular complexity index is 875. The van der Waals surface area contributed by atoms with E-state index in [1.54, 1.807) is 32.3 Å². The minimum absolute atomic E-state index is 0.255. The van der Waals surface area contributed by atoms with E-state index in [-0.39, 0.29) is 5.75 Å². The Morgan fingerprint density at radius 2 is 2.04 bits per heavy atom. The summed E-state index contributed by atoms with van der Waals surface area (Å²) in [5, 5.41) is 2.68. The summed E-state index contributed by atoms with van der Waals surface area (Å²) in [4.78, 5) is 13.4. The summed E-state index contributed by atoms with van der Waals surface area (Å²) in [5.41, 5.74) is -0.257. The lowest BCUT2D eigenvalue weighted by molar-refractivity contribution is 0.190. The fourth-order valence-electron chi connectivity index (χ4n) is 2.18. The molecule has 1 heterocycles. The highest BCUT2D eigenvalue weighted by Gasteiger charge is 2.30. The van der Waals surface area contributed by atoms with Crippen LogP contribution in [0.4, 0.5) is 4.79 Å². The maximum Gasteiger partial charge on any atom is 0.413 e. The predicted molar refractivity (Wildman–Crippen MR) is 106 cm³/mol. The fourth-order valence-corrected chi connectivity index (χ4v) is 3.72. The van der Waals surface area contributed by atoms with E-state index in [4.69, 9.17) is 16.3 Å². The van der Waals surface area contributed by atoms with E-state index in [9.17, 15) is 13.2 Å². The molecule has 1 aliphatic heterocycles. The van der Waals surface area contributed by atoms with Gasteiger partial charge in [0.2, 0.25) is 0 Å². The van der Waals surface area contributed by atoms with Gasteiger partial charge < -0.3 is 15.0 Å². The molecule has 0 saturated carbocycles. The molecular formula is C17H23ClN4O4S. The zero-order valence-electron chi connectivity index (χ0n) is 15.8. The zero-order valence-corrected chi connectivity index (χ0v) is 17.4. The first-order chi connectivity index (χ1) is 12.4. The van der Waals surface area contributed by atoms with Gasteiger partial charge in [-0.3, -0.25) is 0 Å². The molecule has 10 heteroatoms. The van der Waals surface area contributed by atoms with E-state index in [2.05, 4.69) is 9.71 Å². The molecule has 0 aromatic heterocycles. The van der Waals surface area contributed by atoms with Crippen LogP contribution in [0.2, 0.25) is 0 Å². The lowest BCUT2D eigenvalue weighted by Crippen LogP contribution is -2.42. The molecule has 1 atom stereocenters. The van der Waals surface area contributed by atoms with E-state index in [1.165, 1.54) is 23.5 Å². The Kier molecular flexibility index (Phi) is 6.06. The van der Waals surface area contributed by atoms with Gasteiger partial charge in [-0.1, -0.05) is 17.7 Å². The van der Waals surface area contributed by atoms with Gasteiger partial charge in [0.15, 0.2) is 0 Å². The lowest BCUT2D eigenvalue weighted by atomic mass is 10.0. The molecule has 0 saturated heterocycles. The van der Waals surface area contributed by atoms with Crippen molar-refractivity contribution in [2.45, 2.75) is 31.8 Å². The quantitative estimate of drug-likeness (QED) is 0.354. The molecule has 0 aliphatic carbocycles. The summed E-state index contributed by atoms with van der Waals surface area (Å²) >= 11 is 6.38. The summed E-state index contributed by atoms with van der Waals surface area (Å²) < 4.78 is 34.6. The summed E-state index contributed by atoms with van der Waals surface area (Å²) in [6.07, 6.45) is 3.53. The number of carbonyl (C=O) groups excluding carboxylic acids is 1. The molecule has 148 valence electrons. The average Bonchev–Trinajstić information content (AvgIpc) is 2.52. The van der Waals surface area contributed by atoms with Crippen molar-refractivity contribution in [3.63, 3.8) is 0 Å². The van der Waals surface area contributed by atoms with Crippen LogP contribution < -0.4 is 10.1 Å².